The van der Waals surface area contributed by atoms with Crippen LogP contribution in [0.2, 0.25) is 0 Å². The highest BCUT2D eigenvalue weighted by molar-refractivity contribution is 14.1. The van der Waals surface area contributed by atoms with Gasteiger partial charge in [-0.3, -0.25) is 0 Å². The van der Waals surface area contributed by atoms with E-state index in [0.717, 1.165) is 3.57 Å². The molecule has 0 aromatic heterocycles. The van der Waals surface area contributed by atoms with Gasteiger partial charge in [-0.25, -0.2) is 0 Å². The monoisotopic (exact) mass is 296 g/mol. The molecule has 1 aromatic carbocycles. The van der Waals surface area contributed by atoms with E-state index in [1.807, 2.05) is 0 Å². The molecule has 0 unspecified atom stereocenters. The lowest BCUT2D eigenvalue weighted by Crippen LogP contribution is -2.20. The van der Waals surface area contributed by atoms with Crippen LogP contribution in [0.15, 0.2) is 36.9 Å². The zero-order chi connectivity index (χ0) is 9.90. The molecular formula is C9H7F2IO. The highest BCUT2D eigenvalue weighted by Gasteiger charge is 2.26. The minimum Gasteiger partial charge on any atom is -0.429 e. The van der Waals surface area contributed by atoms with Crippen molar-refractivity contribution in [3.05, 3.63) is 40.5 Å². The molecule has 0 saturated heterocycles. The zero-order valence-electron chi connectivity index (χ0n) is 6.64. The number of halogens is 3. The van der Waals surface area contributed by atoms with Crippen molar-refractivity contribution < 1.29 is 13.5 Å². The quantitative estimate of drug-likeness (QED) is 0.613. The Balaban J connectivity index is 2.75. The summed E-state index contributed by atoms with van der Waals surface area (Å²) < 4.78 is 30.5. The lowest BCUT2D eigenvalue weighted by molar-refractivity contribution is -0.131. The van der Waals surface area contributed by atoms with Gasteiger partial charge in [-0.1, -0.05) is 6.58 Å². The van der Waals surface area contributed by atoms with Crippen molar-refractivity contribution in [1.82, 2.24) is 0 Å². The van der Waals surface area contributed by atoms with Crippen LogP contribution in [-0.2, 0) is 0 Å². The summed E-state index contributed by atoms with van der Waals surface area (Å²) in [5.41, 5.74) is 0. The lowest BCUT2D eigenvalue weighted by Gasteiger charge is -2.13. The maximum Gasteiger partial charge on any atom is 0.419 e. The molecule has 4 heteroatoms. The number of alkyl halides is 2. The first-order valence-corrected chi connectivity index (χ1v) is 4.57. The molecule has 0 radical (unpaired) electrons. The number of rotatable bonds is 3. The van der Waals surface area contributed by atoms with Gasteiger partial charge in [-0.15, -0.1) is 0 Å². The van der Waals surface area contributed by atoms with E-state index in [4.69, 9.17) is 0 Å². The summed E-state index contributed by atoms with van der Waals surface area (Å²) in [7, 11) is 0. The Hall–Kier alpha value is -0.650. The van der Waals surface area contributed by atoms with E-state index >= 15 is 0 Å². The Labute approximate surface area is 88.5 Å². The molecule has 0 aliphatic carbocycles. The summed E-state index contributed by atoms with van der Waals surface area (Å²) in [5, 5.41) is 0. The van der Waals surface area contributed by atoms with Crippen LogP contribution in [0.4, 0.5) is 8.78 Å². The van der Waals surface area contributed by atoms with Crippen LogP contribution in [0.5, 0.6) is 5.75 Å². The van der Waals surface area contributed by atoms with E-state index in [0.29, 0.717) is 6.08 Å². The van der Waals surface area contributed by atoms with Crippen molar-refractivity contribution in [2.45, 2.75) is 6.11 Å². The molecule has 0 saturated carbocycles. The van der Waals surface area contributed by atoms with Crippen LogP contribution in [0.3, 0.4) is 0 Å². The molecule has 1 aromatic rings. The maximum atomic E-state index is 12.6. The minimum atomic E-state index is -3.30. The lowest BCUT2D eigenvalue weighted by atomic mass is 10.3. The summed E-state index contributed by atoms with van der Waals surface area (Å²) in [6.45, 7) is 2.97. The Morgan fingerprint density at radius 1 is 1.31 bits per heavy atom. The molecule has 0 heterocycles. The predicted octanol–water partition coefficient (Wildman–Crippen LogP) is 3.45. The van der Waals surface area contributed by atoms with Crippen LogP contribution >= 0.6 is 22.6 Å². The molecule has 0 spiro atoms. The fourth-order valence-electron chi connectivity index (χ4n) is 0.701. The Morgan fingerprint density at radius 3 is 2.31 bits per heavy atom. The predicted molar refractivity (Wildman–Crippen MR) is 54.9 cm³/mol. The highest BCUT2D eigenvalue weighted by atomic mass is 127. The van der Waals surface area contributed by atoms with Gasteiger partial charge in [0.05, 0.1) is 0 Å². The average molecular weight is 296 g/mol. The average Bonchev–Trinajstić information content (AvgIpc) is 2.09. The van der Waals surface area contributed by atoms with E-state index in [2.05, 4.69) is 33.9 Å². The maximum absolute atomic E-state index is 12.6. The minimum absolute atomic E-state index is 0.130. The van der Waals surface area contributed by atoms with Crippen LogP contribution in [0.25, 0.3) is 0 Å². The van der Waals surface area contributed by atoms with Crippen molar-refractivity contribution in [3.63, 3.8) is 0 Å². The van der Waals surface area contributed by atoms with E-state index in [1.54, 1.807) is 12.1 Å². The van der Waals surface area contributed by atoms with Crippen molar-refractivity contribution in [2.75, 3.05) is 0 Å². The van der Waals surface area contributed by atoms with Gasteiger partial charge < -0.3 is 4.74 Å². The normalized spacial score (nSPS) is 11.0. The first kappa shape index (κ1) is 10.4. The van der Waals surface area contributed by atoms with Crippen molar-refractivity contribution >= 4 is 22.6 Å². The van der Waals surface area contributed by atoms with Crippen molar-refractivity contribution in [3.8, 4) is 5.75 Å². The standard InChI is InChI=1S/C9H7F2IO/c1-2-9(10,11)13-8-5-3-7(12)4-6-8/h2-6H,1H2. The largest absolute Gasteiger partial charge is 0.429 e. The third-order valence-electron chi connectivity index (χ3n) is 1.31. The molecule has 0 atom stereocenters. The molecule has 0 aliphatic heterocycles. The summed E-state index contributed by atoms with van der Waals surface area (Å²) in [5.74, 6) is 0.130. The van der Waals surface area contributed by atoms with E-state index in [-0.39, 0.29) is 5.75 Å². The number of ether oxygens (including phenoxy) is 1. The second-order valence-electron chi connectivity index (χ2n) is 2.32. The molecule has 13 heavy (non-hydrogen) atoms. The van der Waals surface area contributed by atoms with Gasteiger partial charge in [0.25, 0.3) is 0 Å². The SMILES string of the molecule is C=CC(F)(F)Oc1ccc(I)cc1. The van der Waals surface area contributed by atoms with Gasteiger partial charge in [-0.05, 0) is 46.9 Å². The van der Waals surface area contributed by atoms with Gasteiger partial charge in [0.1, 0.15) is 5.75 Å². The van der Waals surface area contributed by atoms with Crippen molar-refractivity contribution in [2.24, 2.45) is 0 Å². The van der Waals surface area contributed by atoms with Crippen LogP contribution in [0.1, 0.15) is 0 Å². The highest BCUT2D eigenvalue weighted by Crippen LogP contribution is 2.22. The van der Waals surface area contributed by atoms with Gasteiger partial charge >= 0.3 is 6.11 Å². The van der Waals surface area contributed by atoms with Crippen LogP contribution < -0.4 is 4.74 Å². The van der Waals surface area contributed by atoms with Gasteiger partial charge in [0.2, 0.25) is 0 Å². The number of hydrogen-bond acceptors (Lipinski definition) is 1. The second kappa shape index (κ2) is 4.04. The summed E-state index contributed by atoms with van der Waals surface area (Å²) >= 11 is 2.08. The molecule has 1 rings (SSSR count). The van der Waals surface area contributed by atoms with Crippen LogP contribution in [0, 0.1) is 3.57 Å². The van der Waals surface area contributed by atoms with E-state index in [9.17, 15) is 8.78 Å². The molecule has 1 nitrogen and oxygen atoms in total. The molecule has 0 bridgehead atoms. The molecular weight excluding hydrogens is 289 g/mol. The number of benzene rings is 1. The Bertz CT molecular complexity index is 295. The third-order valence-corrected chi connectivity index (χ3v) is 2.02. The van der Waals surface area contributed by atoms with E-state index in [1.165, 1.54) is 12.1 Å². The zero-order valence-corrected chi connectivity index (χ0v) is 8.79. The van der Waals surface area contributed by atoms with Gasteiger partial charge in [0.15, 0.2) is 0 Å². The smallest absolute Gasteiger partial charge is 0.419 e. The molecule has 70 valence electrons. The third kappa shape index (κ3) is 3.30. The summed E-state index contributed by atoms with van der Waals surface area (Å²) in [4.78, 5) is 0. The Morgan fingerprint density at radius 2 is 1.85 bits per heavy atom. The molecule has 0 amide bonds. The molecule has 0 fully saturated rings. The first-order valence-electron chi connectivity index (χ1n) is 3.49. The summed E-state index contributed by atoms with van der Waals surface area (Å²) in [6, 6.07) is 6.35. The fourth-order valence-corrected chi connectivity index (χ4v) is 1.06. The first-order chi connectivity index (χ1) is 6.03. The van der Waals surface area contributed by atoms with Crippen molar-refractivity contribution in [1.29, 1.82) is 0 Å². The summed E-state index contributed by atoms with van der Waals surface area (Å²) in [6.07, 6.45) is -2.84. The topological polar surface area (TPSA) is 9.23 Å². The molecule has 0 N–H and O–H groups in total. The Kier molecular flexibility index (Phi) is 3.24. The number of hydrogen-bond donors (Lipinski definition) is 0. The second-order valence-corrected chi connectivity index (χ2v) is 3.57. The van der Waals surface area contributed by atoms with E-state index < -0.39 is 6.11 Å². The van der Waals surface area contributed by atoms with Crippen LogP contribution in [-0.4, -0.2) is 6.11 Å². The molecule has 0 aliphatic rings. The van der Waals surface area contributed by atoms with Gasteiger partial charge in [0, 0.05) is 9.65 Å². The van der Waals surface area contributed by atoms with Gasteiger partial charge in [-0.2, -0.15) is 8.78 Å². The fraction of sp³-hybridized carbons (Fsp3) is 0.111.